The molecule has 0 bridgehead atoms. The summed E-state index contributed by atoms with van der Waals surface area (Å²) >= 11 is 1.84. The Hall–Kier alpha value is -3.84. The van der Waals surface area contributed by atoms with Crippen LogP contribution in [0.3, 0.4) is 0 Å². The van der Waals surface area contributed by atoms with Crippen molar-refractivity contribution in [2.45, 2.75) is 0 Å². The Kier molecular flexibility index (Phi) is 5.17. The molecule has 7 aromatic rings. The highest BCUT2D eigenvalue weighted by Crippen LogP contribution is 2.36. The Balaban J connectivity index is 1.23. The van der Waals surface area contributed by atoms with Gasteiger partial charge in [0.1, 0.15) is 0 Å². The van der Waals surface area contributed by atoms with Gasteiger partial charge in [-0.25, -0.2) is 0 Å². The first kappa shape index (κ1) is 21.4. The second kappa shape index (κ2) is 8.68. The zero-order valence-corrected chi connectivity index (χ0v) is 21.5. The molecule has 36 heavy (non-hydrogen) atoms. The van der Waals surface area contributed by atoms with Crippen LogP contribution in [-0.2, 0) is 0 Å². The summed E-state index contributed by atoms with van der Waals surface area (Å²) in [6.45, 7) is 0. The summed E-state index contributed by atoms with van der Waals surface area (Å²) in [5, 5.41) is 6.29. The molecule has 0 aliphatic heterocycles. The van der Waals surface area contributed by atoms with Gasteiger partial charge in [-0.1, -0.05) is 78.9 Å². The van der Waals surface area contributed by atoms with E-state index >= 15 is 0 Å². The second-order valence-corrected chi connectivity index (χ2v) is 10.9. The molecule has 0 saturated carbocycles. The van der Waals surface area contributed by atoms with Crippen LogP contribution >= 0.6 is 20.6 Å². The maximum atomic E-state index is 4.85. The van der Waals surface area contributed by atoms with Crippen LogP contribution in [0.2, 0.25) is 0 Å². The monoisotopic (exact) mass is 495 g/mol. The number of thiophene rings is 1. The minimum absolute atomic E-state index is 0.997. The lowest BCUT2D eigenvalue weighted by atomic mass is 9.98. The highest BCUT2D eigenvalue weighted by Gasteiger charge is 2.08. The van der Waals surface area contributed by atoms with E-state index in [1.807, 2.05) is 17.5 Å². The second-order valence-electron chi connectivity index (χ2n) is 9.14. The number of aromatic nitrogens is 1. The molecule has 2 aromatic heterocycles. The molecule has 0 fully saturated rings. The number of pyridine rings is 1. The van der Waals surface area contributed by atoms with E-state index in [9.17, 15) is 0 Å². The molecule has 0 aliphatic rings. The van der Waals surface area contributed by atoms with Crippen LogP contribution < -0.4 is 5.30 Å². The van der Waals surface area contributed by atoms with Crippen LogP contribution in [0.15, 0.2) is 121 Å². The average Bonchev–Trinajstić information content (AvgIpc) is 3.31. The molecule has 0 amide bonds. The van der Waals surface area contributed by atoms with Crippen molar-refractivity contribution in [2.75, 3.05) is 0 Å². The van der Waals surface area contributed by atoms with E-state index in [2.05, 4.69) is 125 Å². The molecule has 3 heteroatoms. The molecule has 2 heterocycles. The fraction of sp³-hybridized carbons (Fsp3) is 0. The van der Waals surface area contributed by atoms with Gasteiger partial charge in [-0.05, 0) is 69.2 Å². The zero-order valence-electron chi connectivity index (χ0n) is 19.5. The van der Waals surface area contributed by atoms with E-state index in [0.29, 0.717) is 0 Å². The highest BCUT2D eigenvalue weighted by molar-refractivity contribution is 7.27. The standard InChI is InChI=1S/C33H22NPS/c35-28-13-9-21(10-14-28)23-7-5-22-6-8-24(18-27(22)17-23)26-11-15-31(34-20-26)25-12-16-33-30(19-25)29-3-1-2-4-32(29)36-33/h1-20H,35H2. The maximum Gasteiger partial charge on any atom is 0.0702 e. The van der Waals surface area contributed by atoms with Gasteiger partial charge in [0.2, 0.25) is 0 Å². The number of nitrogens with zero attached hydrogens (tertiary/aromatic N) is 1. The van der Waals surface area contributed by atoms with Crippen molar-refractivity contribution in [1.82, 2.24) is 4.98 Å². The molecule has 1 atom stereocenters. The van der Waals surface area contributed by atoms with Crippen LogP contribution in [0.5, 0.6) is 0 Å². The minimum atomic E-state index is 0.997. The summed E-state index contributed by atoms with van der Waals surface area (Å²) in [5.74, 6) is 0. The van der Waals surface area contributed by atoms with Crippen LogP contribution in [-0.4, -0.2) is 4.98 Å². The van der Waals surface area contributed by atoms with Crippen LogP contribution in [0.4, 0.5) is 0 Å². The fourth-order valence-electron chi connectivity index (χ4n) is 4.90. The number of fused-ring (bicyclic) bond motifs is 4. The van der Waals surface area contributed by atoms with Gasteiger partial charge in [0.15, 0.2) is 0 Å². The smallest absolute Gasteiger partial charge is 0.0702 e. The molecule has 0 radical (unpaired) electrons. The van der Waals surface area contributed by atoms with Gasteiger partial charge in [-0.15, -0.1) is 20.6 Å². The predicted octanol–water partition coefficient (Wildman–Crippen LogP) is 9.10. The van der Waals surface area contributed by atoms with Crippen LogP contribution in [0.25, 0.3) is 64.5 Å². The predicted molar refractivity (Wildman–Crippen MR) is 160 cm³/mol. The van der Waals surface area contributed by atoms with E-state index in [0.717, 1.165) is 16.8 Å². The van der Waals surface area contributed by atoms with Crippen molar-refractivity contribution in [3.63, 3.8) is 0 Å². The van der Waals surface area contributed by atoms with Gasteiger partial charge in [0, 0.05) is 37.5 Å². The van der Waals surface area contributed by atoms with Crippen molar-refractivity contribution in [3.8, 4) is 33.5 Å². The third-order valence-corrected chi connectivity index (χ3v) is 8.39. The van der Waals surface area contributed by atoms with E-state index in [1.54, 1.807) is 0 Å². The van der Waals surface area contributed by atoms with E-state index < -0.39 is 0 Å². The lowest BCUT2D eigenvalue weighted by molar-refractivity contribution is 1.33. The van der Waals surface area contributed by atoms with Gasteiger partial charge in [-0.2, -0.15) is 0 Å². The first-order chi connectivity index (χ1) is 17.7. The molecule has 0 N–H and O–H groups in total. The molecule has 1 nitrogen and oxygen atoms in total. The first-order valence-electron chi connectivity index (χ1n) is 12.0. The summed E-state index contributed by atoms with van der Waals surface area (Å²) in [7, 11) is 2.75. The largest absolute Gasteiger partial charge is 0.256 e. The van der Waals surface area contributed by atoms with Crippen LogP contribution in [0, 0.1) is 0 Å². The zero-order chi connectivity index (χ0) is 24.1. The Bertz CT molecular complexity index is 1880. The quantitative estimate of drug-likeness (QED) is 0.223. The molecule has 170 valence electrons. The fourth-order valence-corrected chi connectivity index (χ4v) is 6.18. The highest BCUT2D eigenvalue weighted by atomic mass is 32.1. The van der Waals surface area contributed by atoms with Gasteiger partial charge in [0.25, 0.3) is 0 Å². The summed E-state index contributed by atoms with van der Waals surface area (Å²) in [6, 6.07) is 41.5. The Morgan fingerprint density at radius 1 is 0.500 bits per heavy atom. The summed E-state index contributed by atoms with van der Waals surface area (Å²) in [5.41, 5.74) is 6.91. The molecule has 0 saturated heterocycles. The van der Waals surface area contributed by atoms with E-state index in [1.165, 1.54) is 52.9 Å². The number of benzene rings is 5. The van der Waals surface area contributed by atoms with Crippen molar-refractivity contribution >= 4 is 56.8 Å². The number of rotatable bonds is 3. The number of hydrogen-bond acceptors (Lipinski definition) is 2. The van der Waals surface area contributed by atoms with Gasteiger partial charge in [0.05, 0.1) is 5.69 Å². The van der Waals surface area contributed by atoms with Crippen molar-refractivity contribution in [3.05, 3.63) is 121 Å². The molecular formula is C33H22NPS. The van der Waals surface area contributed by atoms with Gasteiger partial charge < -0.3 is 0 Å². The van der Waals surface area contributed by atoms with Crippen molar-refractivity contribution in [2.24, 2.45) is 0 Å². The van der Waals surface area contributed by atoms with Gasteiger partial charge >= 0.3 is 0 Å². The SMILES string of the molecule is Pc1ccc(-c2ccc3ccc(-c4ccc(-c5ccc6sc7ccccc7c6c5)nc4)cc3c2)cc1. The molecular weight excluding hydrogens is 473 g/mol. The third kappa shape index (κ3) is 3.80. The minimum Gasteiger partial charge on any atom is -0.256 e. The Labute approximate surface area is 216 Å². The summed E-state index contributed by atoms with van der Waals surface area (Å²) in [6.07, 6.45) is 1.99. The normalized spacial score (nSPS) is 11.5. The average molecular weight is 496 g/mol. The van der Waals surface area contributed by atoms with Crippen molar-refractivity contribution < 1.29 is 0 Å². The Morgan fingerprint density at radius 2 is 1.17 bits per heavy atom. The maximum absolute atomic E-state index is 4.85. The Morgan fingerprint density at radius 3 is 1.94 bits per heavy atom. The molecule has 0 spiro atoms. The third-order valence-electron chi connectivity index (χ3n) is 6.85. The molecule has 0 aliphatic carbocycles. The van der Waals surface area contributed by atoms with E-state index in [-0.39, 0.29) is 0 Å². The van der Waals surface area contributed by atoms with Gasteiger partial charge in [-0.3, -0.25) is 4.98 Å². The topological polar surface area (TPSA) is 12.9 Å². The summed E-state index contributed by atoms with van der Waals surface area (Å²) in [4.78, 5) is 4.85. The lowest BCUT2D eigenvalue weighted by Crippen LogP contribution is -1.88. The summed E-state index contributed by atoms with van der Waals surface area (Å²) < 4.78 is 2.64. The van der Waals surface area contributed by atoms with Crippen molar-refractivity contribution in [1.29, 1.82) is 0 Å². The molecule has 5 aromatic carbocycles. The molecule has 1 unspecified atom stereocenters. The lowest BCUT2D eigenvalue weighted by Gasteiger charge is -2.08. The van der Waals surface area contributed by atoms with E-state index in [4.69, 9.17) is 4.98 Å². The molecule has 7 rings (SSSR count). The number of hydrogen-bond donors (Lipinski definition) is 0. The first-order valence-corrected chi connectivity index (χ1v) is 13.4. The van der Waals surface area contributed by atoms with Crippen LogP contribution in [0.1, 0.15) is 0 Å².